The number of carbonyl (C=O) groups is 2. The summed E-state index contributed by atoms with van der Waals surface area (Å²) in [5, 5.41) is 0. The molecule has 6 heteroatoms. The molecule has 6 nitrogen and oxygen atoms in total. The number of hydrogen-bond acceptors (Lipinski definition) is 4. The van der Waals surface area contributed by atoms with Crippen molar-refractivity contribution in [2.75, 3.05) is 26.7 Å². The molecule has 2 heterocycles. The van der Waals surface area contributed by atoms with Crippen molar-refractivity contribution in [1.29, 1.82) is 0 Å². The maximum atomic E-state index is 12.2. The molecule has 2 rings (SSSR count). The maximum Gasteiger partial charge on any atom is 0.410 e. The number of nitrogens with zero attached hydrogens (tertiary/aromatic N) is 2. The molecule has 0 bridgehead atoms. The summed E-state index contributed by atoms with van der Waals surface area (Å²) >= 11 is 0. The zero-order chi connectivity index (χ0) is 17.0. The van der Waals surface area contributed by atoms with Crippen molar-refractivity contribution >= 4 is 11.9 Å². The highest BCUT2D eigenvalue weighted by Gasteiger charge is 2.29. The van der Waals surface area contributed by atoms with E-state index in [1.54, 1.807) is 24.2 Å². The molecule has 1 unspecified atom stereocenters. The van der Waals surface area contributed by atoms with Crippen molar-refractivity contribution in [3.05, 3.63) is 24.0 Å². The molecule has 0 radical (unpaired) electrons. The van der Waals surface area contributed by atoms with Gasteiger partial charge < -0.3 is 14.6 Å². The lowest BCUT2D eigenvalue weighted by atomic mass is 10.0. The van der Waals surface area contributed by atoms with Crippen LogP contribution in [0.2, 0.25) is 0 Å². The fourth-order valence-corrected chi connectivity index (χ4v) is 2.77. The van der Waals surface area contributed by atoms with Crippen LogP contribution < -0.4 is 0 Å². The van der Waals surface area contributed by atoms with E-state index in [4.69, 9.17) is 4.74 Å². The molecule has 0 aliphatic carbocycles. The molecule has 23 heavy (non-hydrogen) atoms. The van der Waals surface area contributed by atoms with E-state index in [-0.39, 0.29) is 17.9 Å². The van der Waals surface area contributed by atoms with Crippen LogP contribution in [-0.4, -0.2) is 65.0 Å². The lowest BCUT2D eigenvalue weighted by Gasteiger charge is -2.37. The van der Waals surface area contributed by atoms with Crippen LogP contribution in [0.1, 0.15) is 44.1 Å². The largest absolute Gasteiger partial charge is 0.444 e. The summed E-state index contributed by atoms with van der Waals surface area (Å²) in [6.07, 6.45) is 3.35. The van der Waals surface area contributed by atoms with Crippen molar-refractivity contribution in [3.63, 3.8) is 0 Å². The summed E-state index contributed by atoms with van der Waals surface area (Å²) in [5.74, 6) is 0.0792. The predicted molar refractivity (Wildman–Crippen MR) is 88.6 cm³/mol. The lowest BCUT2D eigenvalue weighted by molar-refractivity contribution is 0.0138. The maximum absolute atomic E-state index is 12.2. The van der Waals surface area contributed by atoms with Gasteiger partial charge in [-0.15, -0.1) is 0 Å². The summed E-state index contributed by atoms with van der Waals surface area (Å²) in [5.41, 5.74) is 0.135. The van der Waals surface area contributed by atoms with E-state index in [9.17, 15) is 9.59 Å². The number of H-pyrrole nitrogens is 1. The van der Waals surface area contributed by atoms with E-state index in [1.165, 1.54) is 0 Å². The number of rotatable bonds is 4. The number of ketones is 1. The molecule has 1 fully saturated rings. The number of piperidine rings is 1. The smallest absolute Gasteiger partial charge is 0.410 e. The van der Waals surface area contributed by atoms with E-state index in [2.05, 4.69) is 9.88 Å². The van der Waals surface area contributed by atoms with Gasteiger partial charge in [0.1, 0.15) is 5.60 Å². The Morgan fingerprint density at radius 3 is 2.78 bits per heavy atom. The number of Topliss-reactive ketones (excluding diaryl/α,β-unsaturated/α-hetero) is 1. The summed E-state index contributed by atoms with van der Waals surface area (Å²) in [6, 6.07) is 3.69. The molecule has 1 aromatic rings. The van der Waals surface area contributed by atoms with Gasteiger partial charge in [0.05, 0.1) is 12.2 Å². The molecule has 1 atom stereocenters. The van der Waals surface area contributed by atoms with E-state index in [0.29, 0.717) is 18.8 Å². The molecular formula is C17H27N3O3. The van der Waals surface area contributed by atoms with Gasteiger partial charge >= 0.3 is 6.09 Å². The number of carbonyl (C=O) groups excluding carboxylic acids is 2. The first-order valence-electron chi connectivity index (χ1n) is 8.11. The average Bonchev–Trinajstić information content (AvgIpc) is 2.99. The number of likely N-dealkylation sites (N-methyl/N-ethyl adjacent to an activating group) is 1. The topological polar surface area (TPSA) is 65.6 Å². The number of aromatic amines is 1. The molecule has 1 N–H and O–H groups in total. The molecule has 1 aliphatic rings. The minimum atomic E-state index is -0.497. The van der Waals surface area contributed by atoms with Crippen LogP contribution in [0.5, 0.6) is 0 Å². The number of nitrogens with one attached hydrogen (secondary N) is 1. The standard InChI is InChI=1S/C17H27N3O3/c1-17(2,3)23-16(22)19(4)13-7-6-10-20(11-13)12-15(21)14-8-5-9-18-14/h5,8-9,13,18H,6-7,10-12H2,1-4H3. The fourth-order valence-electron chi connectivity index (χ4n) is 2.77. The van der Waals surface area contributed by atoms with Gasteiger partial charge in [0.15, 0.2) is 5.78 Å². The van der Waals surface area contributed by atoms with Gasteiger partial charge in [0.25, 0.3) is 0 Å². The van der Waals surface area contributed by atoms with Crippen LogP contribution in [0.3, 0.4) is 0 Å². The van der Waals surface area contributed by atoms with Gasteiger partial charge in [-0.3, -0.25) is 9.69 Å². The summed E-state index contributed by atoms with van der Waals surface area (Å²) in [6.45, 7) is 7.54. The Morgan fingerprint density at radius 1 is 1.43 bits per heavy atom. The molecule has 128 valence electrons. The van der Waals surface area contributed by atoms with Crippen LogP contribution in [-0.2, 0) is 4.74 Å². The molecule has 0 saturated carbocycles. The number of amides is 1. The molecule has 1 saturated heterocycles. The summed E-state index contributed by atoms with van der Waals surface area (Å²) in [4.78, 5) is 31.1. The Labute approximate surface area is 137 Å². The molecular weight excluding hydrogens is 294 g/mol. The molecule has 1 aromatic heterocycles. The summed E-state index contributed by atoms with van der Waals surface area (Å²) < 4.78 is 5.42. The van der Waals surface area contributed by atoms with Gasteiger partial charge in [0.2, 0.25) is 0 Å². The SMILES string of the molecule is CN(C(=O)OC(C)(C)C)C1CCCN(CC(=O)c2ccc[nH]2)C1. The molecule has 0 aromatic carbocycles. The van der Waals surface area contributed by atoms with Crippen molar-refractivity contribution < 1.29 is 14.3 Å². The van der Waals surface area contributed by atoms with Crippen molar-refractivity contribution in [3.8, 4) is 0 Å². The normalized spacial score (nSPS) is 19.4. The second-order valence-corrected chi connectivity index (χ2v) is 7.13. The van der Waals surface area contributed by atoms with Crippen molar-refractivity contribution in [2.24, 2.45) is 0 Å². The van der Waals surface area contributed by atoms with E-state index in [1.807, 2.05) is 26.8 Å². The van der Waals surface area contributed by atoms with Gasteiger partial charge in [0, 0.05) is 25.8 Å². The highest BCUT2D eigenvalue weighted by molar-refractivity contribution is 5.95. The van der Waals surface area contributed by atoms with Crippen LogP contribution in [0.15, 0.2) is 18.3 Å². The average molecular weight is 321 g/mol. The Hall–Kier alpha value is -1.82. The van der Waals surface area contributed by atoms with Crippen LogP contribution in [0.25, 0.3) is 0 Å². The highest BCUT2D eigenvalue weighted by atomic mass is 16.6. The first kappa shape index (κ1) is 17.5. The third-order valence-electron chi connectivity index (χ3n) is 3.98. The zero-order valence-corrected chi connectivity index (χ0v) is 14.5. The second-order valence-electron chi connectivity index (χ2n) is 7.13. The zero-order valence-electron chi connectivity index (χ0n) is 14.5. The fraction of sp³-hybridized carbons (Fsp3) is 0.647. The Bertz CT molecular complexity index is 534. The predicted octanol–water partition coefficient (Wildman–Crippen LogP) is 2.53. The van der Waals surface area contributed by atoms with Gasteiger partial charge in [-0.2, -0.15) is 0 Å². The van der Waals surface area contributed by atoms with Crippen molar-refractivity contribution in [1.82, 2.24) is 14.8 Å². The summed E-state index contributed by atoms with van der Waals surface area (Å²) in [7, 11) is 1.77. The Morgan fingerprint density at radius 2 is 2.17 bits per heavy atom. The quantitative estimate of drug-likeness (QED) is 0.866. The van der Waals surface area contributed by atoms with Crippen molar-refractivity contribution in [2.45, 2.75) is 45.3 Å². The number of hydrogen-bond donors (Lipinski definition) is 1. The van der Waals surface area contributed by atoms with Crippen LogP contribution in [0.4, 0.5) is 4.79 Å². The first-order chi connectivity index (χ1) is 10.8. The van der Waals surface area contributed by atoms with Crippen LogP contribution in [0, 0.1) is 0 Å². The van der Waals surface area contributed by atoms with Gasteiger partial charge in [-0.25, -0.2) is 4.79 Å². The van der Waals surface area contributed by atoms with E-state index >= 15 is 0 Å². The Kier molecular flexibility index (Phi) is 5.46. The molecule has 0 spiro atoms. The molecule has 1 amide bonds. The monoisotopic (exact) mass is 321 g/mol. The third kappa shape index (κ3) is 5.10. The minimum Gasteiger partial charge on any atom is -0.444 e. The first-order valence-corrected chi connectivity index (χ1v) is 8.11. The second kappa shape index (κ2) is 7.17. The van der Waals surface area contributed by atoms with E-state index in [0.717, 1.165) is 19.4 Å². The Balaban J connectivity index is 1.90. The van der Waals surface area contributed by atoms with Gasteiger partial charge in [-0.1, -0.05) is 0 Å². The highest BCUT2D eigenvalue weighted by Crippen LogP contribution is 2.18. The van der Waals surface area contributed by atoms with Crippen LogP contribution >= 0.6 is 0 Å². The van der Waals surface area contributed by atoms with E-state index < -0.39 is 5.60 Å². The minimum absolute atomic E-state index is 0.0787. The molecule has 1 aliphatic heterocycles. The number of aromatic nitrogens is 1. The lowest BCUT2D eigenvalue weighted by Crippen LogP contribution is -2.50. The number of ether oxygens (including phenoxy) is 1. The third-order valence-corrected chi connectivity index (χ3v) is 3.98. The van der Waals surface area contributed by atoms with Gasteiger partial charge in [-0.05, 0) is 52.3 Å². The number of likely N-dealkylation sites (tertiary alicyclic amines) is 1.